The summed E-state index contributed by atoms with van der Waals surface area (Å²) in [6.07, 6.45) is 1.00. The minimum absolute atomic E-state index is 0.214. The molecule has 2 rings (SSSR count). The molecule has 0 aliphatic carbocycles. The highest BCUT2D eigenvalue weighted by Crippen LogP contribution is 2.26. The van der Waals surface area contributed by atoms with Crippen molar-refractivity contribution in [3.05, 3.63) is 58.1 Å². The van der Waals surface area contributed by atoms with Gasteiger partial charge in [-0.3, -0.25) is 0 Å². The fourth-order valence-corrected chi connectivity index (χ4v) is 2.38. The van der Waals surface area contributed by atoms with Crippen LogP contribution < -0.4 is 9.47 Å². The van der Waals surface area contributed by atoms with Gasteiger partial charge in [0, 0.05) is 0 Å². The van der Waals surface area contributed by atoms with Crippen molar-refractivity contribution in [1.29, 1.82) is 0 Å². The molecule has 0 spiro atoms. The summed E-state index contributed by atoms with van der Waals surface area (Å²) in [6, 6.07) is 12.6. The molecule has 4 nitrogen and oxygen atoms in total. The Labute approximate surface area is 137 Å². The third-order valence-electron chi connectivity index (χ3n) is 3.12. The first-order valence-electron chi connectivity index (χ1n) is 6.97. The predicted molar refractivity (Wildman–Crippen MR) is 87.9 cm³/mol. The first-order chi connectivity index (χ1) is 10.6. The van der Waals surface area contributed by atoms with Crippen LogP contribution in [0.1, 0.15) is 22.8 Å². The zero-order valence-electron chi connectivity index (χ0n) is 12.2. The summed E-state index contributed by atoms with van der Waals surface area (Å²) in [5, 5.41) is 8.90. The molecule has 5 heteroatoms. The number of aryl methyl sites for hydroxylation is 1. The van der Waals surface area contributed by atoms with Crippen LogP contribution in [0.25, 0.3) is 0 Å². The van der Waals surface area contributed by atoms with E-state index in [-0.39, 0.29) is 5.56 Å². The number of rotatable bonds is 7. The molecule has 116 valence electrons. The van der Waals surface area contributed by atoms with Gasteiger partial charge in [0.05, 0.1) is 10.0 Å². The van der Waals surface area contributed by atoms with E-state index in [1.807, 2.05) is 24.3 Å². The van der Waals surface area contributed by atoms with Gasteiger partial charge in [-0.1, -0.05) is 19.1 Å². The van der Waals surface area contributed by atoms with E-state index >= 15 is 0 Å². The van der Waals surface area contributed by atoms with Crippen molar-refractivity contribution in [2.24, 2.45) is 0 Å². The highest BCUT2D eigenvalue weighted by atomic mass is 79.9. The highest BCUT2D eigenvalue weighted by molar-refractivity contribution is 9.10. The zero-order valence-corrected chi connectivity index (χ0v) is 13.8. The summed E-state index contributed by atoms with van der Waals surface area (Å²) in [5.74, 6) is 0.433. The molecule has 0 atom stereocenters. The van der Waals surface area contributed by atoms with Gasteiger partial charge in [0.2, 0.25) is 0 Å². The van der Waals surface area contributed by atoms with Crippen molar-refractivity contribution in [2.45, 2.75) is 13.3 Å². The van der Waals surface area contributed by atoms with Gasteiger partial charge in [-0.25, -0.2) is 4.79 Å². The molecule has 0 bridgehead atoms. The molecule has 0 saturated carbocycles. The number of benzene rings is 2. The van der Waals surface area contributed by atoms with Crippen LogP contribution in [0.3, 0.4) is 0 Å². The van der Waals surface area contributed by atoms with Crippen LogP contribution in [-0.4, -0.2) is 24.3 Å². The molecular formula is C17H17BrO4. The Hall–Kier alpha value is -2.01. The number of halogens is 1. The Kier molecular flexibility index (Phi) is 5.83. The maximum atomic E-state index is 10.8. The second-order valence-corrected chi connectivity index (χ2v) is 5.50. The van der Waals surface area contributed by atoms with Crippen molar-refractivity contribution in [3.63, 3.8) is 0 Å². The number of carboxylic acid groups (broad SMARTS) is 1. The Bertz CT molecular complexity index is 638. The van der Waals surface area contributed by atoms with Gasteiger partial charge in [-0.15, -0.1) is 0 Å². The molecule has 0 radical (unpaired) electrons. The van der Waals surface area contributed by atoms with Gasteiger partial charge >= 0.3 is 5.97 Å². The number of hydrogen-bond acceptors (Lipinski definition) is 3. The van der Waals surface area contributed by atoms with Crippen LogP contribution in [0.2, 0.25) is 0 Å². The molecule has 1 N–H and O–H groups in total. The van der Waals surface area contributed by atoms with Crippen LogP contribution >= 0.6 is 15.9 Å². The molecule has 0 saturated heterocycles. The van der Waals surface area contributed by atoms with Gasteiger partial charge < -0.3 is 14.6 Å². The average molecular weight is 365 g/mol. The summed E-state index contributed by atoms with van der Waals surface area (Å²) in [5.41, 5.74) is 1.48. The first-order valence-corrected chi connectivity index (χ1v) is 7.77. The molecule has 0 amide bonds. The lowest BCUT2D eigenvalue weighted by molar-refractivity contribution is 0.0696. The topological polar surface area (TPSA) is 55.8 Å². The first kappa shape index (κ1) is 16.4. The van der Waals surface area contributed by atoms with E-state index in [1.54, 1.807) is 6.07 Å². The van der Waals surface area contributed by atoms with Crippen LogP contribution in [-0.2, 0) is 6.42 Å². The van der Waals surface area contributed by atoms with Crippen LogP contribution in [0, 0.1) is 0 Å². The molecule has 0 aliphatic heterocycles. The van der Waals surface area contributed by atoms with Crippen LogP contribution in [0.4, 0.5) is 0 Å². The minimum atomic E-state index is -0.967. The standard InChI is InChI=1S/C17H17BrO4/c1-2-12-3-6-14(7-4-12)21-9-10-22-16-8-5-13(17(19)20)11-15(16)18/h3-8,11H,2,9-10H2,1H3,(H,19,20). The number of carbonyl (C=O) groups is 1. The van der Waals surface area contributed by atoms with Crippen molar-refractivity contribution in [3.8, 4) is 11.5 Å². The number of ether oxygens (including phenoxy) is 2. The lowest BCUT2D eigenvalue weighted by atomic mass is 10.2. The Morgan fingerprint density at radius 3 is 2.36 bits per heavy atom. The van der Waals surface area contributed by atoms with Gasteiger partial charge in [0.25, 0.3) is 0 Å². The second-order valence-electron chi connectivity index (χ2n) is 4.64. The lowest BCUT2D eigenvalue weighted by Gasteiger charge is -2.10. The van der Waals surface area contributed by atoms with Crippen LogP contribution in [0.5, 0.6) is 11.5 Å². The number of aromatic carboxylic acids is 1. The normalized spacial score (nSPS) is 10.3. The summed E-state index contributed by atoms with van der Waals surface area (Å²) < 4.78 is 11.8. The Morgan fingerprint density at radius 1 is 1.09 bits per heavy atom. The van der Waals surface area contributed by atoms with E-state index in [9.17, 15) is 4.79 Å². The van der Waals surface area contributed by atoms with Gasteiger partial charge in [0.15, 0.2) is 0 Å². The maximum Gasteiger partial charge on any atom is 0.335 e. The molecule has 2 aromatic carbocycles. The number of hydrogen-bond donors (Lipinski definition) is 1. The molecule has 2 aromatic rings. The van der Waals surface area contributed by atoms with Gasteiger partial charge in [0.1, 0.15) is 24.7 Å². The van der Waals surface area contributed by atoms with Crippen LogP contribution in [0.15, 0.2) is 46.9 Å². The van der Waals surface area contributed by atoms with Crippen molar-refractivity contribution in [1.82, 2.24) is 0 Å². The van der Waals surface area contributed by atoms with Gasteiger partial charge in [-0.05, 0) is 58.2 Å². The third-order valence-corrected chi connectivity index (χ3v) is 3.74. The minimum Gasteiger partial charge on any atom is -0.490 e. The smallest absolute Gasteiger partial charge is 0.335 e. The predicted octanol–water partition coefficient (Wildman–Crippen LogP) is 4.17. The molecular weight excluding hydrogens is 348 g/mol. The lowest BCUT2D eigenvalue weighted by Crippen LogP contribution is -2.09. The maximum absolute atomic E-state index is 10.8. The van der Waals surface area contributed by atoms with Crippen molar-refractivity contribution < 1.29 is 19.4 Å². The summed E-state index contributed by atoms with van der Waals surface area (Å²) in [4.78, 5) is 10.8. The van der Waals surface area contributed by atoms with Gasteiger partial charge in [-0.2, -0.15) is 0 Å². The van der Waals surface area contributed by atoms with E-state index in [0.717, 1.165) is 12.2 Å². The van der Waals surface area contributed by atoms with E-state index in [1.165, 1.54) is 17.7 Å². The molecule has 0 aromatic heterocycles. The van der Waals surface area contributed by atoms with E-state index in [4.69, 9.17) is 14.6 Å². The Morgan fingerprint density at radius 2 is 1.77 bits per heavy atom. The third kappa shape index (κ3) is 4.49. The van der Waals surface area contributed by atoms with Crippen molar-refractivity contribution >= 4 is 21.9 Å². The summed E-state index contributed by atoms with van der Waals surface area (Å²) in [7, 11) is 0. The fourth-order valence-electron chi connectivity index (χ4n) is 1.88. The second kappa shape index (κ2) is 7.84. The Balaban J connectivity index is 1.82. The number of carboxylic acids is 1. The highest BCUT2D eigenvalue weighted by Gasteiger charge is 2.07. The molecule has 0 aliphatic rings. The van der Waals surface area contributed by atoms with E-state index in [0.29, 0.717) is 23.4 Å². The SMILES string of the molecule is CCc1ccc(OCCOc2ccc(C(=O)O)cc2Br)cc1. The quantitative estimate of drug-likeness (QED) is 0.749. The molecule has 22 heavy (non-hydrogen) atoms. The zero-order chi connectivity index (χ0) is 15.9. The molecule has 0 fully saturated rings. The van der Waals surface area contributed by atoms with E-state index < -0.39 is 5.97 Å². The fraction of sp³-hybridized carbons (Fsp3) is 0.235. The van der Waals surface area contributed by atoms with E-state index in [2.05, 4.69) is 22.9 Å². The average Bonchev–Trinajstić information content (AvgIpc) is 2.53. The summed E-state index contributed by atoms with van der Waals surface area (Å²) >= 11 is 3.30. The molecule has 0 heterocycles. The largest absolute Gasteiger partial charge is 0.490 e. The monoisotopic (exact) mass is 364 g/mol. The van der Waals surface area contributed by atoms with Crippen molar-refractivity contribution in [2.75, 3.05) is 13.2 Å². The molecule has 0 unspecified atom stereocenters. The summed E-state index contributed by atoms with van der Waals surface area (Å²) in [6.45, 7) is 2.90.